The SMILES string of the molecule is COc1cc(OC)c(C(=O)NC2CCC(NC(=O)c3ccc(OCCCCCN=C(N)N)cc3OCCCCCN=C(N)N)CC2)cc1C(=O)NC=C1CCC(NC(=O)c2ccc(OCCCCCN=C(N)N)cc2OCCCCCN=C(N)N)CC1. The molecule has 3 aromatic carbocycles. The minimum Gasteiger partial charge on any atom is -0.496 e. The molecule has 0 atom stereocenters. The average Bonchev–Trinajstić information content (AvgIpc) is 1.61. The van der Waals surface area contributed by atoms with Crippen LogP contribution in [0.15, 0.2) is 80.3 Å². The van der Waals surface area contributed by atoms with Gasteiger partial charge in [0.1, 0.15) is 34.5 Å². The average molecular weight is 1210 g/mol. The van der Waals surface area contributed by atoms with Crippen LogP contribution in [0, 0.1) is 0 Å². The van der Waals surface area contributed by atoms with Crippen LogP contribution >= 0.6 is 0 Å². The first-order valence-corrected chi connectivity index (χ1v) is 30.2. The van der Waals surface area contributed by atoms with E-state index in [-0.39, 0.29) is 76.4 Å². The van der Waals surface area contributed by atoms with E-state index in [1.807, 2.05) is 0 Å². The first-order valence-electron chi connectivity index (χ1n) is 30.2. The van der Waals surface area contributed by atoms with Gasteiger partial charge in [-0.15, -0.1) is 0 Å². The fraction of sp³-hybridized carbons (Fsp3) is 0.541. The zero-order chi connectivity index (χ0) is 62.8. The molecule has 0 unspecified atom stereocenters. The van der Waals surface area contributed by atoms with E-state index in [9.17, 15) is 19.2 Å². The maximum Gasteiger partial charge on any atom is 0.258 e. The Morgan fingerprint density at radius 2 is 0.759 bits per heavy atom. The predicted molar refractivity (Wildman–Crippen MR) is 339 cm³/mol. The maximum absolute atomic E-state index is 14.0. The number of carbonyl (C=O) groups excluding carboxylic acids is 4. The van der Waals surface area contributed by atoms with Crippen molar-refractivity contribution < 1.29 is 47.6 Å². The topological polar surface area (TPSA) is 429 Å². The van der Waals surface area contributed by atoms with Crippen LogP contribution in [0.1, 0.15) is 170 Å². The van der Waals surface area contributed by atoms with E-state index in [4.69, 9.17) is 74.3 Å². The number of benzene rings is 3. The summed E-state index contributed by atoms with van der Waals surface area (Å²) in [7, 11) is 2.89. The highest BCUT2D eigenvalue weighted by Gasteiger charge is 2.28. The molecule has 2 aliphatic rings. The highest BCUT2D eigenvalue weighted by molar-refractivity contribution is 6.04. The molecule has 2 saturated carbocycles. The number of hydrogen-bond donors (Lipinski definition) is 12. The molecule has 0 radical (unpaired) electrons. The van der Waals surface area contributed by atoms with Crippen LogP contribution in [0.2, 0.25) is 0 Å². The Kier molecular flexibility index (Phi) is 30.3. The monoisotopic (exact) mass is 1210 g/mol. The fourth-order valence-corrected chi connectivity index (χ4v) is 9.89. The van der Waals surface area contributed by atoms with E-state index in [1.54, 1.807) is 42.6 Å². The van der Waals surface area contributed by atoms with Gasteiger partial charge in [0.25, 0.3) is 23.6 Å². The van der Waals surface area contributed by atoms with E-state index < -0.39 is 11.8 Å². The molecule has 0 aromatic heterocycles. The number of hydrogen-bond acceptors (Lipinski definition) is 14. The van der Waals surface area contributed by atoms with Crippen LogP contribution in [-0.2, 0) is 0 Å². The van der Waals surface area contributed by atoms with Crippen molar-refractivity contribution in [2.24, 2.45) is 65.8 Å². The number of ether oxygens (including phenoxy) is 6. The smallest absolute Gasteiger partial charge is 0.258 e. The number of nitrogens with two attached hydrogens (primary N) is 8. The third kappa shape index (κ3) is 25.7. The van der Waals surface area contributed by atoms with Gasteiger partial charge in [0.05, 0.1) is 62.9 Å². The van der Waals surface area contributed by atoms with Crippen molar-refractivity contribution in [1.29, 1.82) is 0 Å². The molecular formula is C61H94N16O10. The Morgan fingerprint density at radius 1 is 0.414 bits per heavy atom. The number of aliphatic imine (C=N–C) groups is 4. The standard InChI is InChI=1S/C61H94N16O10/c1-82-50-38-51(83-2)49(57(81)77-43-21-19-42(20-22-43)76-56(80)47-26-24-45(85-32-12-4-8-28-71-59(64)65)36-53(47)87-34-14-6-10-30-73-61(68)69)37-48(50)54(78)74-39-40-15-17-41(18-16-40)75-55(79)46-25-23-44(84-31-11-3-7-27-70-58(62)63)35-52(46)86-33-13-5-9-29-72-60(66)67/h23-26,35-39,41-43H,3-22,27-34H2,1-2H3,(H,74,78)(H,75,79)(H,76,80)(H,77,81)(H4,62,63,70)(H4,64,65,71)(H4,66,67,72)(H4,68,69,73). The summed E-state index contributed by atoms with van der Waals surface area (Å²) in [5.41, 5.74) is 45.6. The molecule has 0 saturated heterocycles. The lowest BCUT2D eigenvalue weighted by Crippen LogP contribution is -2.44. The van der Waals surface area contributed by atoms with Gasteiger partial charge in [-0.1, -0.05) is 5.57 Å². The van der Waals surface area contributed by atoms with Crippen molar-refractivity contribution in [3.8, 4) is 34.5 Å². The predicted octanol–water partition coefficient (Wildman–Crippen LogP) is 4.45. The maximum atomic E-state index is 14.0. The van der Waals surface area contributed by atoms with Crippen molar-refractivity contribution in [1.82, 2.24) is 21.3 Å². The number of methoxy groups -OCH3 is 2. The minimum absolute atomic E-state index is 0.0568. The first-order chi connectivity index (χ1) is 42.0. The van der Waals surface area contributed by atoms with Gasteiger partial charge in [0.2, 0.25) is 0 Å². The second-order valence-corrected chi connectivity index (χ2v) is 21.5. The zero-order valence-electron chi connectivity index (χ0n) is 50.7. The lowest BCUT2D eigenvalue weighted by Gasteiger charge is -2.30. The molecule has 478 valence electrons. The summed E-state index contributed by atoms with van der Waals surface area (Å²) in [5, 5.41) is 12.4. The molecular weight excluding hydrogens is 1120 g/mol. The van der Waals surface area contributed by atoms with Crippen LogP contribution in [0.5, 0.6) is 34.5 Å². The number of amides is 4. The summed E-state index contributed by atoms with van der Waals surface area (Å²) < 4.78 is 35.6. The number of unbranched alkanes of at least 4 members (excludes halogenated alkanes) is 8. The lowest BCUT2D eigenvalue weighted by molar-refractivity contribution is 0.0887. The Hall–Kier alpha value is -8.84. The van der Waals surface area contributed by atoms with Crippen LogP contribution in [0.3, 0.4) is 0 Å². The van der Waals surface area contributed by atoms with Gasteiger partial charge < -0.3 is 95.6 Å². The Labute approximate surface area is 510 Å². The molecule has 3 aromatic rings. The number of guanidine groups is 4. The molecule has 2 aliphatic carbocycles. The third-order valence-electron chi connectivity index (χ3n) is 14.6. The number of rotatable bonds is 38. The molecule has 0 aliphatic heterocycles. The summed E-state index contributed by atoms with van der Waals surface area (Å²) in [6, 6.07) is 13.0. The highest BCUT2D eigenvalue weighted by Crippen LogP contribution is 2.32. The molecule has 0 bridgehead atoms. The molecule has 20 N–H and O–H groups in total. The van der Waals surface area contributed by atoms with Crippen molar-refractivity contribution in [2.75, 3.05) is 66.8 Å². The summed E-state index contributed by atoms with van der Waals surface area (Å²) in [4.78, 5) is 71.6. The van der Waals surface area contributed by atoms with E-state index in [0.29, 0.717) is 138 Å². The van der Waals surface area contributed by atoms with Gasteiger partial charge in [-0.3, -0.25) is 39.1 Å². The third-order valence-corrected chi connectivity index (χ3v) is 14.6. The number of carbonyl (C=O) groups is 4. The Bertz CT molecular complexity index is 2810. The van der Waals surface area contributed by atoms with E-state index >= 15 is 0 Å². The second-order valence-electron chi connectivity index (χ2n) is 21.5. The molecule has 5 rings (SSSR count). The first kappa shape index (κ1) is 68.9. The lowest BCUT2D eigenvalue weighted by atomic mass is 9.90. The quantitative estimate of drug-likeness (QED) is 0.0214. The van der Waals surface area contributed by atoms with Gasteiger partial charge in [0.15, 0.2) is 23.8 Å². The van der Waals surface area contributed by atoms with Gasteiger partial charge in [-0.25, -0.2) is 0 Å². The van der Waals surface area contributed by atoms with Crippen molar-refractivity contribution in [3.63, 3.8) is 0 Å². The molecule has 0 heterocycles. The van der Waals surface area contributed by atoms with Crippen LogP contribution in [-0.4, -0.2) is 132 Å². The largest absolute Gasteiger partial charge is 0.496 e. The van der Waals surface area contributed by atoms with Crippen molar-refractivity contribution in [3.05, 3.63) is 82.6 Å². The Morgan fingerprint density at radius 3 is 1.13 bits per heavy atom. The molecule has 87 heavy (non-hydrogen) atoms. The van der Waals surface area contributed by atoms with E-state index in [1.165, 1.54) is 26.4 Å². The van der Waals surface area contributed by atoms with Gasteiger partial charge in [-0.05, 0) is 159 Å². The number of allylic oxidation sites excluding steroid dienone is 1. The van der Waals surface area contributed by atoms with Crippen LogP contribution < -0.4 is 95.6 Å². The highest BCUT2D eigenvalue weighted by atomic mass is 16.5. The van der Waals surface area contributed by atoms with Crippen molar-refractivity contribution in [2.45, 2.75) is 147 Å². The normalized spacial score (nSPS) is 15.3. The van der Waals surface area contributed by atoms with Crippen LogP contribution in [0.25, 0.3) is 0 Å². The van der Waals surface area contributed by atoms with Gasteiger partial charge >= 0.3 is 0 Å². The van der Waals surface area contributed by atoms with Gasteiger partial charge in [-0.2, -0.15) is 0 Å². The summed E-state index contributed by atoms with van der Waals surface area (Å²) in [6.07, 6.45) is 16.4. The minimum atomic E-state index is -0.471. The van der Waals surface area contributed by atoms with Crippen LogP contribution in [0.4, 0.5) is 0 Å². The van der Waals surface area contributed by atoms with Gasteiger partial charge in [0, 0.05) is 68.7 Å². The summed E-state index contributed by atoms with van der Waals surface area (Å²) in [5.74, 6) is 1.34. The van der Waals surface area contributed by atoms with E-state index in [2.05, 4.69) is 41.2 Å². The van der Waals surface area contributed by atoms with E-state index in [0.717, 1.165) is 82.6 Å². The number of nitrogens with zero attached hydrogens (tertiary/aromatic N) is 4. The molecule has 0 spiro atoms. The molecule has 4 amide bonds. The fourth-order valence-electron chi connectivity index (χ4n) is 9.89. The zero-order valence-corrected chi connectivity index (χ0v) is 50.7. The molecule has 26 heteroatoms. The summed E-state index contributed by atoms with van der Waals surface area (Å²) in [6.45, 7) is 3.88. The molecule has 26 nitrogen and oxygen atoms in total. The van der Waals surface area contributed by atoms with Crippen molar-refractivity contribution >= 4 is 47.5 Å². The Balaban J connectivity index is 1.13. The second kappa shape index (κ2) is 38.3. The molecule has 2 fully saturated rings. The number of nitrogens with one attached hydrogen (secondary N) is 4. The summed E-state index contributed by atoms with van der Waals surface area (Å²) >= 11 is 0.